The Morgan fingerprint density at radius 2 is 2.00 bits per heavy atom. The standard InChI is InChI=1S/C15H24N4O.2ClH/c1-11-9-16-19(10-11)6-5-15(20)18(2)14-7-12-3-4-13(8-14)17-12;;/h9-10,12-14,17H,3-8H2,1-2H3;2*1H. The lowest BCUT2D eigenvalue weighted by Gasteiger charge is -2.35. The van der Waals surface area contributed by atoms with Crippen LogP contribution in [0, 0.1) is 6.92 Å². The molecule has 2 aliphatic rings. The van der Waals surface area contributed by atoms with Crippen molar-refractivity contribution in [2.24, 2.45) is 0 Å². The van der Waals surface area contributed by atoms with Crippen LogP contribution in [0.2, 0.25) is 0 Å². The van der Waals surface area contributed by atoms with Gasteiger partial charge < -0.3 is 10.2 Å². The second-order valence-electron chi connectivity index (χ2n) is 6.30. The van der Waals surface area contributed by atoms with Crippen LogP contribution in [-0.2, 0) is 11.3 Å². The van der Waals surface area contributed by atoms with E-state index in [-0.39, 0.29) is 30.7 Å². The summed E-state index contributed by atoms with van der Waals surface area (Å²) in [6.45, 7) is 2.69. The summed E-state index contributed by atoms with van der Waals surface area (Å²) in [6, 6.07) is 1.67. The number of aromatic nitrogens is 2. The number of nitrogens with one attached hydrogen (secondary N) is 1. The monoisotopic (exact) mass is 348 g/mol. The van der Waals surface area contributed by atoms with Gasteiger partial charge in [0.25, 0.3) is 0 Å². The van der Waals surface area contributed by atoms with Gasteiger partial charge in [-0.2, -0.15) is 5.10 Å². The zero-order valence-electron chi connectivity index (χ0n) is 13.2. The maximum Gasteiger partial charge on any atom is 0.224 e. The zero-order valence-corrected chi connectivity index (χ0v) is 14.8. The third-order valence-electron chi connectivity index (χ3n) is 4.71. The highest BCUT2D eigenvalue weighted by Crippen LogP contribution is 2.29. The van der Waals surface area contributed by atoms with Crippen molar-refractivity contribution in [1.29, 1.82) is 0 Å². The molecule has 2 aliphatic heterocycles. The number of piperidine rings is 1. The molecule has 7 heteroatoms. The summed E-state index contributed by atoms with van der Waals surface area (Å²) in [7, 11) is 1.96. The molecule has 0 spiro atoms. The average Bonchev–Trinajstić information content (AvgIpc) is 3.01. The van der Waals surface area contributed by atoms with E-state index in [2.05, 4.69) is 10.4 Å². The van der Waals surface area contributed by atoms with Gasteiger partial charge in [-0.1, -0.05) is 0 Å². The highest BCUT2D eigenvalue weighted by molar-refractivity contribution is 5.85. The van der Waals surface area contributed by atoms with Gasteiger partial charge in [-0.25, -0.2) is 0 Å². The summed E-state index contributed by atoms with van der Waals surface area (Å²) in [5.41, 5.74) is 1.14. The SMILES string of the molecule is Cc1cnn(CCC(=O)N(C)C2CC3CCC(C2)N3)c1.Cl.Cl. The van der Waals surface area contributed by atoms with Crippen LogP contribution in [-0.4, -0.2) is 45.8 Å². The lowest BCUT2D eigenvalue weighted by Crippen LogP contribution is -2.48. The lowest BCUT2D eigenvalue weighted by atomic mass is 9.98. The van der Waals surface area contributed by atoms with Gasteiger partial charge in [-0.05, 0) is 38.2 Å². The highest BCUT2D eigenvalue weighted by atomic mass is 35.5. The number of halogens is 2. The molecule has 0 aromatic carbocycles. The topological polar surface area (TPSA) is 50.2 Å². The third-order valence-corrected chi connectivity index (χ3v) is 4.71. The van der Waals surface area contributed by atoms with Crippen LogP contribution in [0.5, 0.6) is 0 Å². The van der Waals surface area contributed by atoms with Crippen molar-refractivity contribution in [3.63, 3.8) is 0 Å². The smallest absolute Gasteiger partial charge is 0.224 e. The van der Waals surface area contributed by atoms with Gasteiger partial charge in [0, 0.05) is 44.3 Å². The first-order valence-corrected chi connectivity index (χ1v) is 7.62. The van der Waals surface area contributed by atoms with Crippen LogP contribution in [0.15, 0.2) is 12.4 Å². The predicted molar refractivity (Wildman–Crippen MR) is 91.8 cm³/mol. The van der Waals surface area contributed by atoms with Crippen molar-refractivity contribution in [2.45, 2.75) is 63.7 Å². The van der Waals surface area contributed by atoms with Crippen molar-refractivity contribution >= 4 is 30.7 Å². The summed E-state index contributed by atoms with van der Waals surface area (Å²) >= 11 is 0. The Hall–Kier alpha value is -0.780. The first kappa shape index (κ1) is 19.3. The molecule has 0 radical (unpaired) electrons. The second kappa shape index (κ2) is 8.18. The molecule has 1 aromatic heterocycles. The molecule has 1 N–H and O–H groups in total. The molecule has 1 amide bonds. The molecule has 22 heavy (non-hydrogen) atoms. The van der Waals surface area contributed by atoms with Crippen LogP contribution < -0.4 is 5.32 Å². The summed E-state index contributed by atoms with van der Waals surface area (Å²) in [6.07, 6.45) is 9.12. The number of fused-ring (bicyclic) bond motifs is 2. The minimum Gasteiger partial charge on any atom is -0.343 e. The van der Waals surface area contributed by atoms with Crippen LogP contribution in [0.3, 0.4) is 0 Å². The molecular formula is C15H26Cl2N4O. The van der Waals surface area contributed by atoms with Crippen LogP contribution in [0.1, 0.15) is 37.7 Å². The Bertz CT molecular complexity index is 482. The van der Waals surface area contributed by atoms with Crippen LogP contribution >= 0.6 is 24.8 Å². The van der Waals surface area contributed by atoms with Gasteiger partial charge in [0.2, 0.25) is 5.91 Å². The highest BCUT2D eigenvalue weighted by Gasteiger charge is 2.36. The van der Waals surface area contributed by atoms with E-state index in [0.29, 0.717) is 31.1 Å². The molecule has 2 unspecified atom stereocenters. The maximum absolute atomic E-state index is 12.3. The number of hydrogen-bond donors (Lipinski definition) is 1. The zero-order chi connectivity index (χ0) is 14.1. The lowest BCUT2D eigenvalue weighted by molar-refractivity contribution is -0.133. The van der Waals surface area contributed by atoms with Crippen molar-refractivity contribution in [2.75, 3.05) is 7.05 Å². The molecule has 3 rings (SSSR count). The fourth-order valence-corrected chi connectivity index (χ4v) is 3.52. The number of aryl methyl sites for hydroxylation is 2. The number of carbonyl (C=O) groups excluding carboxylic acids is 1. The summed E-state index contributed by atoms with van der Waals surface area (Å²) < 4.78 is 1.85. The van der Waals surface area contributed by atoms with Crippen molar-refractivity contribution in [3.8, 4) is 0 Å². The molecule has 1 aromatic rings. The number of hydrogen-bond acceptors (Lipinski definition) is 3. The van der Waals surface area contributed by atoms with Gasteiger partial charge in [-0.15, -0.1) is 24.8 Å². The van der Waals surface area contributed by atoms with E-state index >= 15 is 0 Å². The molecule has 2 atom stereocenters. The largest absolute Gasteiger partial charge is 0.343 e. The number of nitrogens with zero attached hydrogens (tertiary/aromatic N) is 3. The van der Waals surface area contributed by atoms with E-state index in [1.807, 2.05) is 35.9 Å². The first-order valence-electron chi connectivity index (χ1n) is 7.62. The summed E-state index contributed by atoms with van der Waals surface area (Å²) in [5, 5.41) is 7.85. The van der Waals surface area contributed by atoms with Gasteiger partial charge >= 0.3 is 0 Å². The number of rotatable bonds is 4. The van der Waals surface area contributed by atoms with Crippen molar-refractivity contribution < 1.29 is 4.79 Å². The Labute approximate surface area is 144 Å². The van der Waals surface area contributed by atoms with Gasteiger partial charge in [-0.3, -0.25) is 9.48 Å². The Morgan fingerprint density at radius 1 is 1.36 bits per heavy atom. The van der Waals surface area contributed by atoms with E-state index in [4.69, 9.17) is 0 Å². The average molecular weight is 349 g/mol. The molecule has 2 bridgehead atoms. The van der Waals surface area contributed by atoms with Crippen molar-refractivity contribution in [3.05, 3.63) is 18.0 Å². The van der Waals surface area contributed by atoms with Crippen LogP contribution in [0.4, 0.5) is 0 Å². The molecule has 3 heterocycles. The number of carbonyl (C=O) groups is 1. The predicted octanol–water partition coefficient (Wildman–Crippen LogP) is 2.17. The van der Waals surface area contributed by atoms with Crippen LogP contribution in [0.25, 0.3) is 0 Å². The number of amides is 1. The third kappa shape index (κ3) is 4.37. The summed E-state index contributed by atoms with van der Waals surface area (Å²) in [4.78, 5) is 14.3. The summed E-state index contributed by atoms with van der Waals surface area (Å²) in [5.74, 6) is 0.240. The fraction of sp³-hybridized carbons (Fsp3) is 0.733. The second-order valence-corrected chi connectivity index (χ2v) is 6.30. The molecule has 0 aliphatic carbocycles. The van der Waals surface area contributed by atoms with Crippen molar-refractivity contribution in [1.82, 2.24) is 20.0 Å². The Balaban J connectivity index is 0.00000121. The minimum atomic E-state index is 0. The molecule has 2 fully saturated rings. The Kier molecular flexibility index (Phi) is 7.16. The van der Waals surface area contributed by atoms with E-state index in [0.717, 1.165) is 18.4 Å². The fourth-order valence-electron chi connectivity index (χ4n) is 3.52. The molecule has 0 saturated carbocycles. The first-order chi connectivity index (χ1) is 9.61. The van der Waals surface area contributed by atoms with Gasteiger partial charge in [0.05, 0.1) is 6.20 Å². The van der Waals surface area contributed by atoms with E-state index < -0.39 is 0 Å². The van der Waals surface area contributed by atoms with E-state index in [9.17, 15) is 4.79 Å². The molecule has 126 valence electrons. The molecule has 5 nitrogen and oxygen atoms in total. The normalized spacial score (nSPS) is 26.0. The quantitative estimate of drug-likeness (QED) is 0.906. The van der Waals surface area contributed by atoms with Gasteiger partial charge in [0.1, 0.15) is 0 Å². The van der Waals surface area contributed by atoms with Gasteiger partial charge in [0.15, 0.2) is 0 Å². The minimum absolute atomic E-state index is 0. The molecular weight excluding hydrogens is 323 g/mol. The van der Waals surface area contributed by atoms with E-state index in [1.165, 1.54) is 12.8 Å². The Morgan fingerprint density at radius 3 is 2.55 bits per heavy atom. The van der Waals surface area contributed by atoms with E-state index in [1.54, 1.807) is 0 Å². The molecule has 2 saturated heterocycles. The maximum atomic E-state index is 12.3.